The number of carbonyl (C=O) groups is 1. The first kappa shape index (κ1) is 15.0. The lowest BCUT2D eigenvalue weighted by Crippen LogP contribution is -2.28. The van der Waals surface area contributed by atoms with Gasteiger partial charge in [0.2, 0.25) is 0 Å². The molecular weight excluding hydrogens is 269 g/mol. The predicted molar refractivity (Wildman–Crippen MR) is 79.7 cm³/mol. The lowest BCUT2D eigenvalue weighted by Gasteiger charge is -2.08. The van der Waals surface area contributed by atoms with Crippen LogP contribution in [-0.4, -0.2) is 12.5 Å². The van der Waals surface area contributed by atoms with Gasteiger partial charge in [0.25, 0.3) is 5.91 Å². The van der Waals surface area contributed by atoms with Gasteiger partial charge < -0.3 is 10.1 Å². The molecule has 1 amide bonds. The normalized spacial score (nSPS) is 10.2. The summed E-state index contributed by atoms with van der Waals surface area (Å²) in [5, 5.41) is 2.74. The fourth-order valence-electron chi connectivity index (χ4n) is 1.85. The van der Waals surface area contributed by atoms with Gasteiger partial charge in [-0.05, 0) is 43.2 Å². The molecule has 3 nitrogen and oxygen atoms in total. The molecule has 0 unspecified atom stereocenters. The average molecular weight is 287 g/mol. The Morgan fingerprint density at radius 3 is 2.52 bits per heavy atom. The summed E-state index contributed by atoms with van der Waals surface area (Å²) in [4.78, 5) is 11.7. The van der Waals surface area contributed by atoms with Crippen LogP contribution < -0.4 is 10.1 Å². The van der Waals surface area contributed by atoms with Gasteiger partial charge in [-0.2, -0.15) is 0 Å². The van der Waals surface area contributed by atoms with Crippen LogP contribution in [0, 0.1) is 19.7 Å². The Kier molecular flexibility index (Phi) is 4.93. The summed E-state index contributed by atoms with van der Waals surface area (Å²) < 4.78 is 18.5. The van der Waals surface area contributed by atoms with E-state index < -0.39 is 0 Å². The quantitative estimate of drug-likeness (QED) is 0.917. The lowest BCUT2D eigenvalue weighted by atomic mass is 10.1. The molecule has 0 saturated heterocycles. The van der Waals surface area contributed by atoms with E-state index in [-0.39, 0.29) is 18.3 Å². The minimum Gasteiger partial charge on any atom is -0.484 e. The van der Waals surface area contributed by atoms with Crippen molar-refractivity contribution < 1.29 is 13.9 Å². The topological polar surface area (TPSA) is 38.3 Å². The highest BCUT2D eigenvalue weighted by atomic mass is 19.1. The van der Waals surface area contributed by atoms with Crippen molar-refractivity contribution in [3.8, 4) is 5.75 Å². The Hall–Kier alpha value is -2.36. The van der Waals surface area contributed by atoms with E-state index in [1.807, 2.05) is 31.2 Å². The van der Waals surface area contributed by atoms with Gasteiger partial charge >= 0.3 is 0 Å². The molecule has 1 N–H and O–H groups in total. The molecule has 0 aromatic heterocycles. The highest BCUT2D eigenvalue weighted by Crippen LogP contribution is 2.11. The summed E-state index contributed by atoms with van der Waals surface area (Å²) in [5.74, 6) is 0.207. The third-order valence-electron chi connectivity index (χ3n) is 3.10. The molecule has 110 valence electrons. The zero-order chi connectivity index (χ0) is 15.2. The smallest absolute Gasteiger partial charge is 0.258 e. The second-order valence-electron chi connectivity index (χ2n) is 4.96. The highest BCUT2D eigenvalue weighted by molar-refractivity contribution is 5.77. The third-order valence-corrected chi connectivity index (χ3v) is 3.10. The molecule has 0 bridgehead atoms. The number of amides is 1. The maximum atomic E-state index is 13.1. The van der Waals surface area contributed by atoms with Crippen molar-refractivity contribution in [2.45, 2.75) is 20.4 Å². The molecule has 0 aliphatic rings. The summed E-state index contributed by atoms with van der Waals surface area (Å²) in [6, 6.07) is 12.3. The molecule has 0 saturated carbocycles. The van der Waals surface area contributed by atoms with Crippen molar-refractivity contribution in [1.82, 2.24) is 5.32 Å². The van der Waals surface area contributed by atoms with Crippen LogP contribution in [-0.2, 0) is 11.3 Å². The molecule has 0 aliphatic carbocycles. The number of nitrogens with one attached hydrogen (secondary N) is 1. The molecule has 2 aromatic rings. The second-order valence-corrected chi connectivity index (χ2v) is 4.96. The van der Waals surface area contributed by atoms with E-state index in [4.69, 9.17) is 4.74 Å². The maximum absolute atomic E-state index is 13.1. The number of halogens is 1. The molecule has 0 heterocycles. The number of hydrogen-bond acceptors (Lipinski definition) is 2. The van der Waals surface area contributed by atoms with Crippen molar-refractivity contribution in [2.75, 3.05) is 6.61 Å². The second kappa shape index (κ2) is 6.88. The number of aryl methyl sites for hydroxylation is 2. The first-order valence-corrected chi connectivity index (χ1v) is 6.76. The first-order valence-electron chi connectivity index (χ1n) is 6.76. The van der Waals surface area contributed by atoms with Crippen molar-refractivity contribution in [3.63, 3.8) is 0 Å². The Morgan fingerprint density at radius 2 is 1.86 bits per heavy atom. The lowest BCUT2D eigenvalue weighted by molar-refractivity contribution is -0.123. The standard InChI is InChI=1S/C17H18FNO2/c1-12-3-6-15(7-4-12)21-11-17(20)19-10-14-5-8-16(18)13(2)9-14/h3-9H,10-11H2,1-2H3,(H,19,20). The monoisotopic (exact) mass is 287 g/mol. The average Bonchev–Trinajstić information content (AvgIpc) is 2.48. The molecule has 4 heteroatoms. The summed E-state index contributed by atoms with van der Waals surface area (Å²) in [6.45, 7) is 4.00. The van der Waals surface area contributed by atoms with E-state index in [0.717, 1.165) is 11.1 Å². The minimum atomic E-state index is -0.243. The predicted octanol–water partition coefficient (Wildman–Crippen LogP) is 3.14. The molecule has 0 spiro atoms. The van der Waals surface area contributed by atoms with Crippen LogP contribution >= 0.6 is 0 Å². The third kappa shape index (κ3) is 4.60. The number of benzene rings is 2. The number of ether oxygens (including phenoxy) is 1. The van der Waals surface area contributed by atoms with Gasteiger partial charge in [-0.15, -0.1) is 0 Å². The van der Waals surface area contributed by atoms with E-state index in [9.17, 15) is 9.18 Å². The summed E-state index contributed by atoms with van der Waals surface area (Å²) in [5.41, 5.74) is 2.56. The van der Waals surface area contributed by atoms with Crippen molar-refractivity contribution in [1.29, 1.82) is 0 Å². The van der Waals surface area contributed by atoms with Crippen molar-refractivity contribution >= 4 is 5.91 Å². The van der Waals surface area contributed by atoms with Crippen molar-refractivity contribution in [2.24, 2.45) is 0 Å². The molecular formula is C17H18FNO2. The highest BCUT2D eigenvalue weighted by Gasteiger charge is 2.04. The number of hydrogen-bond donors (Lipinski definition) is 1. The fourth-order valence-corrected chi connectivity index (χ4v) is 1.85. The van der Waals surface area contributed by atoms with Gasteiger partial charge in [0, 0.05) is 6.54 Å². The molecule has 0 radical (unpaired) electrons. The molecule has 21 heavy (non-hydrogen) atoms. The van der Waals surface area contributed by atoms with Crippen LogP contribution in [0.4, 0.5) is 4.39 Å². The molecule has 0 aliphatic heterocycles. The Morgan fingerprint density at radius 1 is 1.14 bits per heavy atom. The minimum absolute atomic E-state index is 0.0385. The van der Waals surface area contributed by atoms with E-state index in [2.05, 4.69) is 5.32 Å². The zero-order valence-electron chi connectivity index (χ0n) is 12.2. The van der Waals surface area contributed by atoms with Gasteiger partial charge in [0.15, 0.2) is 6.61 Å². The summed E-state index contributed by atoms with van der Waals surface area (Å²) in [6.07, 6.45) is 0. The van der Waals surface area contributed by atoms with E-state index in [0.29, 0.717) is 17.9 Å². The van der Waals surface area contributed by atoms with E-state index in [1.165, 1.54) is 6.07 Å². The van der Waals surface area contributed by atoms with Crippen LogP contribution in [0.25, 0.3) is 0 Å². The molecule has 2 rings (SSSR count). The van der Waals surface area contributed by atoms with Gasteiger partial charge in [-0.3, -0.25) is 4.79 Å². The van der Waals surface area contributed by atoms with Crippen LogP contribution in [0.15, 0.2) is 42.5 Å². The largest absolute Gasteiger partial charge is 0.484 e. The van der Waals surface area contributed by atoms with Crippen LogP contribution in [0.2, 0.25) is 0 Å². The summed E-state index contributed by atoms with van der Waals surface area (Å²) in [7, 11) is 0. The zero-order valence-corrected chi connectivity index (χ0v) is 12.2. The Labute approximate surface area is 123 Å². The SMILES string of the molecule is Cc1ccc(OCC(=O)NCc2ccc(F)c(C)c2)cc1. The molecule has 0 atom stereocenters. The molecule has 0 fully saturated rings. The van der Waals surface area contributed by atoms with Gasteiger partial charge in [-0.1, -0.05) is 29.8 Å². The van der Waals surface area contributed by atoms with Crippen LogP contribution in [0.1, 0.15) is 16.7 Å². The maximum Gasteiger partial charge on any atom is 0.258 e. The van der Waals surface area contributed by atoms with E-state index in [1.54, 1.807) is 19.1 Å². The molecule has 2 aromatic carbocycles. The van der Waals surface area contributed by atoms with E-state index >= 15 is 0 Å². The first-order chi connectivity index (χ1) is 10.0. The fraction of sp³-hybridized carbons (Fsp3) is 0.235. The number of carbonyl (C=O) groups excluding carboxylic acids is 1. The van der Waals surface area contributed by atoms with Crippen LogP contribution in [0.3, 0.4) is 0 Å². The Balaban J connectivity index is 1.79. The van der Waals surface area contributed by atoms with Gasteiger partial charge in [-0.25, -0.2) is 4.39 Å². The summed E-state index contributed by atoms with van der Waals surface area (Å²) >= 11 is 0. The Bertz CT molecular complexity index is 623. The van der Waals surface area contributed by atoms with Gasteiger partial charge in [0.05, 0.1) is 0 Å². The number of rotatable bonds is 5. The van der Waals surface area contributed by atoms with Crippen molar-refractivity contribution in [3.05, 3.63) is 65.0 Å². The van der Waals surface area contributed by atoms with Crippen LogP contribution in [0.5, 0.6) is 5.75 Å². The van der Waals surface area contributed by atoms with Gasteiger partial charge in [0.1, 0.15) is 11.6 Å².